The number of rotatable bonds is 6. The van der Waals surface area contributed by atoms with Gasteiger partial charge >= 0.3 is 5.69 Å². The first-order valence-electron chi connectivity index (χ1n) is 8.71. The third-order valence-electron chi connectivity index (χ3n) is 4.44. The SMILES string of the molecule is O=C(c1ccccc1)N1CCN(c2ccc(OCCO)c([N+](=O)[O-])c2)CC1. The average molecular weight is 371 g/mol. The van der Waals surface area contributed by atoms with Gasteiger partial charge in [-0.3, -0.25) is 14.9 Å². The fourth-order valence-corrected chi connectivity index (χ4v) is 3.05. The van der Waals surface area contributed by atoms with Crippen LogP contribution in [-0.4, -0.2) is 60.2 Å². The molecule has 3 rings (SSSR count). The highest BCUT2D eigenvalue weighted by atomic mass is 16.6. The van der Waals surface area contributed by atoms with Gasteiger partial charge in [-0.25, -0.2) is 0 Å². The van der Waals surface area contributed by atoms with Crippen LogP contribution in [0.4, 0.5) is 11.4 Å². The third-order valence-corrected chi connectivity index (χ3v) is 4.44. The van der Waals surface area contributed by atoms with Crippen molar-refractivity contribution in [1.82, 2.24) is 4.90 Å². The lowest BCUT2D eigenvalue weighted by Gasteiger charge is -2.36. The molecule has 1 aliphatic heterocycles. The Morgan fingerprint density at radius 3 is 2.44 bits per heavy atom. The number of nitrogens with zero attached hydrogens (tertiary/aromatic N) is 3. The molecule has 8 heteroatoms. The van der Waals surface area contributed by atoms with Gasteiger partial charge in [-0.05, 0) is 24.3 Å². The summed E-state index contributed by atoms with van der Waals surface area (Å²) in [7, 11) is 0. The van der Waals surface area contributed by atoms with E-state index in [2.05, 4.69) is 0 Å². The average Bonchev–Trinajstić information content (AvgIpc) is 2.72. The lowest BCUT2D eigenvalue weighted by atomic mass is 10.1. The molecule has 1 amide bonds. The number of anilines is 1. The van der Waals surface area contributed by atoms with Crippen LogP contribution in [0, 0.1) is 10.1 Å². The molecule has 0 unspecified atom stereocenters. The Morgan fingerprint density at radius 2 is 1.81 bits per heavy atom. The van der Waals surface area contributed by atoms with Gasteiger partial charge in [0.25, 0.3) is 5.91 Å². The predicted octanol–water partition coefficient (Wildman–Crippen LogP) is 1.93. The Hall–Kier alpha value is -3.13. The molecule has 142 valence electrons. The minimum atomic E-state index is -0.495. The summed E-state index contributed by atoms with van der Waals surface area (Å²) in [4.78, 5) is 27.1. The van der Waals surface area contributed by atoms with Crippen LogP contribution in [0.3, 0.4) is 0 Å². The Morgan fingerprint density at radius 1 is 1.11 bits per heavy atom. The van der Waals surface area contributed by atoms with Crippen LogP contribution in [0.15, 0.2) is 48.5 Å². The van der Waals surface area contributed by atoms with E-state index in [0.29, 0.717) is 37.4 Å². The van der Waals surface area contributed by atoms with Crippen molar-refractivity contribution in [2.75, 3.05) is 44.3 Å². The Bertz CT molecular complexity index is 804. The first-order valence-corrected chi connectivity index (χ1v) is 8.71. The van der Waals surface area contributed by atoms with Crippen molar-refractivity contribution in [2.45, 2.75) is 0 Å². The van der Waals surface area contributed by atoms with Crippen molar-refractivity contribution in [1.29, 1.82) is 0 Å². The Kier molecular flexibility index (Phi) is 5.87. The Balaban J connectivity index is 1.68. The van der Waals surface area contributed by atoms with Gasteiger partial charge in [0.05, 0.1) is 11.5 Å². The molecule has 0 aliphatic carbocycles. The second-order valence-electron chi connectivity index (χ2n) is 6.13. The van der Waals surface area contributed by atoms with Crippen molar-refractivity contribution in [2.24, 2.45) is 0 Å². The maximum Gasteiger partial charge on any atom is 0.312 e. The van der Waals surface area contributed by atoms with Gasteiger partial charge in [0.15, 0.2) is 5.75 Å². The van der Waals surface area contributed by atoms with E-state index in [-0.39, 0.29) is 30.6 Å². The van der Waals surface area contributed by atoms with Crippen LogP contribution < -0.4 is 9.64 Å². The summed E-state index contributed by atoms with van der Waals surface area (Å²) in [6.45, 7) is 2.06. The molecule has 2 aromatic carbocycles. The minimum Gasteiger partial charge on any atom is -0.484 e. The molecular formula is C19H21N3O5. The molecule has 1 N–H and O–H groups in total. The quantitative estimate of drug-likeness (QED) is 0.616. The van der Waals surface area contributed by atoms with E-state index < -0.39 is 4.92 Å². The van der Waals surface area contributed by atoms with Crippen molar-refractivity contribution >= 4 is 17.3 Å². The number of aliphatic hydroxyl groups excluding tert-OH is 1. The molecule has 0 bridgehead atoms. The summed E-state index contributed by atoms with van der Waals surface area (Å²) in [5, 5.41) is 20.1. The summed E-state index contributed by atoms with van der Waals surface area (Å²) in [5.74, 6) is 0.129. The second kappa shape index (κ2) is 8.50. The highest BCUT2D eigenvalue weighted by Gasteiger charge is 2.24. The van der Waals surface area contributed by atoms with Crippen LogP contribution in [0.2, 0.25) is 0 Å². The summed E-state index contributed by atoms with van der Waals surface area (Å²) in [6.07, 6.45) is 0. The number of amides is 1. The van der Waals surface area contributed by atoms with Gasteiger partial charge in [0, 0.05) is 43.5 Å². The van der Waals surface area contributed by atoms with E-state index in [1.807, 2.05) is 23.1 Å². The highest BCUT2D eigenvalue weighted by molar-refractivity contribution is 5.94. The van der Waals surface area contributed by atoms with E-state index in [1.165, 1.54) is 6.07 Å². The molecule has 8 nitrogen and oxygen atoms in total. The van der Waals surface area contributed by atoms with E-state index in [0.717, 1.165) is 0 Å². The van der Waals surface area contributed by atoms with E-state index in [9.17, 15) is 14.9 Å². The van der Waals surface area contributed by atoms with Gasteiger partial charge in [-0.1, -0.05) is 18.2 Å². The smallest absolute Gasteiger partial charge is 0.312 e. The molecule has 1 heterocycles. The topological polar surface area (TPSA) is 96.2 Å². The first-order chi connectivity index (χ1) is 13.1. The molecule has 0 radical (unpaired) electrons. The van der Waals surface area contributed by atoms with Crippen molar-refractivity contribution in [3.63, 3.8) is 0 Å². The largest absolute Gasteiger partial charge is 0.484 e. The molecule has 27 heavy (non-hydrogen) atoms. The zero-order valence-corrected chi connectivity index (χ0v) is 14.8. The molecule has 0 aromatic heterocycles. The number of hydrogen-bond acceptors (Lipinski definition) is 6. The first kappa shape index (κ1) is 18.7. The number of benzene rings is 2. The van der Waals surface area contributed by atoms with E-state index in [4.69, 9.17) is 9.84 Å². The van der Waals surface area contributed by atoms with Gasteiger partial charge < -0.3 is 19.6 Å². The summed E-state index contributed by atoms with van der Waals surface area (Å²) < 4.78 is 5.22. The molecular weight excluding hydrogens is 350 g/mol. The second-order valence-corrected chi connectivity index (χ2v) is 6.13. The maximum absolute atomic E-state index is 12.5. The highest BCUT2D eigenvalue weighted by Crippen LogP contribution is 2.32. The molecule has 1 aliphatic rings. The normalized spacial score (nSPS) is 14.1. The van der Waals surface area contributed by atoms with Crippen molar-refractivity contribution < 1.29 is 19.6 Å². The number of nitro groups is 1. The van der Waals surface area contributed by atoms with E-state index in [1.54, 1.807) is 29.2 Å². The molecule has 0 atom stereocenters. The fraction of sp³-hybridized carbons (Fsp3) is 0.316. The number of carbonyl (C=O) groups excluding carboxylic acids is 1. The summed E-state index contributed by atoms with van der Waals surface area (Å²) in [5.41, 5.74) is 1.24. The molecule has 0 saturated carbocycles. The van der Waals surface area contributed by atoms with Gasteiger partial charge in [0.1, 0.15) is 6.61 Å². The van der Waals surface area contributed by atoms with Crippen LogP contribution in [-0.2, 0) is 0 Å². The minimum absolute atomic E-state index is 0.000455. The Labute approximate surface area is 156 Å². The van der Waals surface area contributed by atoms with Crippen LogP contribution in [0.1, 0.15) is 10.4 Å². The molecule has 1 fully saturated rings. The lowest BCUT2D eigenvalue weighted by Crippen LogP contribution is -2.48. The number of aliphatic hydroxyl groups is 1. The standard InChI is InChI=1S/C19H21N3O5/c23-12-13-27-18-7-6-16(14-17(18)22(25)26)20-8-10-21(11-9-20)19(24)15-4-2-1-3-5-15/h1-7,14,23H,8-13H2. The lowest BCUT2D eigenvalue weighted by molar-refractivity contribution is -0.385. The summed E-state index contributed by atoms with van der Waals surface area (Å²) in [6, 6.07) is 13.9. The third kappa shape index (κ3) is 4.35. The maximum atomic E-state index is 12.5. The van der Waals surface area contributed by atoms with Crippen LogP contribution >= 0.6 is 0 Å². The predicted molar refractivity (Wildman–Crippen MR) is 100 cm³/mol. The van der Waals surface area contributed by atoms with Gasteiger partial charge in [0.2, 0.25) is 0 Å². The van der Waals surface area contributed by atoms with Crippen LogP contribution in [0.25, 0.3) is 0 Å². The monoisotopic (exact) mass is 371 g/mol. The molecule has 0 spiro atoms. The number of hydrogen-bond donors (Lipinski definition) is 1. The van der Waals surface area contributed by atoms with Gasteiger partial charge in [-0.15, -0.1) is 0 Å². The number of nitro benzene ring substituents is 1. The number of ether oxygens (including phenoxy) is 1. The van der Waals surface area contributed by atoms with Gasteiger partial charge in [-0.2, -0.15) is 0 Å². The van der Waals surface area contributed by atoms with Crippen molar-refractivity contribution in [3.05, 3.63) is 64.2 Å². The summed E-state index contributed by atoms with van der Waals surface area (Å²) >= 11 is 0. The molecule has 1 saturated heterocycles. The zero-order valence-electron chi connectivity index (χ0n) is 14.8. The zero-order chi connectivity index (χ0) is 19.2. The number of carbonyl (C=O) groups is 1. The fourth-order valence-electron chi connectivity index (χ4n) is 3.05. The number of piperazine rings is 1. The van der Waals surface area contributed by atoms with Crippen LogP contribution in [0.5, 0.6) is 5.75 Å². The molecule has 2 aromatic rings. The van der Waals surface area contributed by atoms with Crippen molar-refractivity contribution in [3.8, 4) is 5.75 Å². The van der Waals surface area contributed by atoms with E-state index >= 15 is 0 Å².